The number of ketones is 1. The molecule has 0 aromatic heterocycles. The molecule has 0 spiro atoms. The molecule has 1 amide bonds. The van der Waals surface area contributed by atoms with Crippen LogP contribution in [0, 0.1) is 0 Å². The molecule has 0 aliphatic heterocycles. The Labute approximate surface area is 144 Å². The SMILES string of the molecule is CCC(=O)c1ccc([S+]([O-])c2cccc(NC(=O)C(C)N)c2)cc1. The van der Waals surface area contributed by atoms with Crippen LogP contribution in [-0.4, -0.2) is 22.3 Å². The van der Waals surface area contributed by atoms with Gasteiger partial charge in [0, 0.05) is 34.9 Å². The van der Waals surface area contributed by atoms with Crippen LogP contribution in [0.25, 0.3) is 0 Å². The summed E-state index contributed by atoms with van der Waals surface area (Å²) in [6.45, 7) is 3.40. The van der Waals surface area contributed by atoms with Gasteiger partial charge >= 0.3 is 0 Å². The summed E-state index contributed by atoms with van der Waals surface area (Å²) in [6, 6.07) is 12.9. The van der Waals surface area contributed by atoms with E-state index in [4.69, 9.17) is 5.73 Å². The minimum atomic E-state index is -1.40. The van der Waals surface area contributed by atoms with Crippen molar-refractivity contribution in [3.05, 3.63) is 54.1 Å². The molecule has 3 N–H and O–H groups in total. The number of rotatable bonds is 6. The molecule has 2 aromatic rings. The fraction of sp³-hybridized carbons (Fsp3) is 0.222. The summed E-state index contributed by atoms with van der Waals surface area (Å²) in [6.07, 6.45) is 0.434. The van der Waals surface area contributed by atoms with Crippen LogP contribution >= 0.6 is 0 Å². The summed E-state index contributed by atoms with van der Waals surface area (Å²) in [7, 11) is 0. The molecule has 2 unspecified atom stereocenters. The molecular formula is C18H20N2O3S. The van der Waals surface area contributed by atoms with Crippen LogP contribution in [-0.2, 0) is 16.0 Å². The Morgan fingerprint density at radius 1 is 1.17 bits per heavy atom. The number of nitrogens with one attached hydrogen (secondary N) is 1. The molecule has 0 saturated heterocycles. The average molecular weight is 344 g/mol. The van der Waals surface area contributed by atoms with Crippen molar-refractivity contribution in [2.24, 2.45) is 5.73 Å². The van der Waals surface area contributed by atoms with Gasteiger partial charge in [-0.05, 0) is 43.3 Å². The van der Waals surface area contributed by atoms with Gasteiger partial charge in [-0.1, -0.05) is 13.0 Å². The summed E-state index contributed by atoms with van der Waals surface area (Å²) >= 11 is -1.40. The van der Waals surface area contributed by atoms with Gasteiger partial charge in [-0.25, -0.2) is 0 Å². The van der Waals surface area contributed by atoms with Crippen LogP contribution in [0.2, 0.25) is 0 Å². The predicted molar refractivity (Wildman–Crippen MR) is 94.5 cm³/mol. The van der Waals surface area contributed by atoms with E-state index in [9.17, 15) is 14.1 Å². The molecular weight excluding hydrogens is 324 g/mol. The molecule has 0 aliphatic rings. The number of hydrogen-bond acceptors (Lipinski definition) is 4. The quantitative estimate of drug-likeness (QED) is 0.622. The second-order valence-corrected chi connectivity index (χ2v) is 6.86. The molecule has 0 saturated carbocycles. The predicted octanol–water partition coefficient (Wildman–Crippen LogP) is 2.73. The zero-order valence-corrected chi connectivity index (χ0v) is 14.4. The molecule has 0 fully saturated rings. The van der Waals surface area contributed by atoms with E-state index in [1.807, 2.05) is 0 Å². The van der Waals surface area contributed by atoms with E-state index in [1.165, 1.54) is 0 Å². The highest BCUT2D eigenvalue weighted by molar-refractivity contribution is 7.91. The lowest BCUT2D eigenvalue weighted by atomic mass is 10.1. The van der Waals surface area contributed by atoms with Gasteiger partial charge in [-0.2, -0.15) is 0 Å². The molecule has 6 heteroatoms. The van der Waals surface area contributed by atoms with Gasteiger partial charge in [0.25, 0.3) is 0 Å². The van der Waals surface area contributed by atoms with Crippen molar-refractivity contribution in [2.45, 2.75) is 36.1 Å². The molecule has 126 valence electrons. The number of benzene rings is 2. The smallest absolute Gasteiger partial charge is 0.241 e. The van der Waals surface area contributed by atoms with Crippen LogP contribution < -0.4 is 11.1 Å². The molecule has 24 heavy (non-hydrogen) atoms. The Kier molecular flexibility index (Phi) is 6.14. The summed E-state index contributed by atoms with van der Waals surface area (Å²) < 4.78 is 12.7. The van der Waals surface area contributed by atoms with E-state index in [0.29, 0.717) is 27.5 Å². The highest BCUT2D eigenvalue weighted by Gasteiger charge is 2.17. The number of hydrogen-bond donors (Lipinski definition) is 2. The lowest BCUT2D eigenvalue weighted by Gasteiger charge is -2.12. The van der Waals surface area contributed by atoms with Crippen molar-refractivity contribution in [3.8, 4) is 0 Å². The fourth-order valence-corrected chi connectivity index (χ4v) is 3.14. The van der Waals surface area contributed by atoms with Crippen molar-refractivity contribution < 1.29 is 14.1 Å². The Morgan fingerprint density at radius 2 is 1.83 bits per heavy atom. The van der Waals surface area contributed by atoms with Crippen molar-refractivity contribution in [3.63, 3.8) is 0 Å². The fourth-order valence-electron chi connectivity index (χ4n) is 2.05. The van der Waals surface area contributed by atoms with Gasteiger partial charge in [0.2, 0.25) is 5.91 Å². The summed E-state index contributed by atoms with van der Waals surface area (Å²) in [5, 5.41) is 2.68. The van der Waals surface area contributed by atoms with Crippen molar-refractivity contribution in [1.29, 1.82) is 0 Å². The topological polar surface area (TPSA) is 95.2 Å². The Morgan fingerprint density at radius 3 is 2.42 bits per heavy atom. The number of amides is 1. The molecule has 0 radical (unpaired) electrons. The van der Waals surface area contributed by atoms with Crippen LogP contribution in [0.5, 0.6) is 0 Å². The first-order chi connectivity index (χ1) is 11.4. The molecule has 5 nitrogen and oxygen atoms in total. The number of carbonyl (C=O) groups excluding carboxylic acids is 2. The van der Waals surface area contributed by atoms with Crippen molar-refractivity contribution in [1.82, 2.24) is 0 Å². The van der Waals surface area contributed by atoms with E-state index in [1.54, 1.807) is 62.4 Å². The summed E-state index contributed by atoms with van der Waals surface area (Å²) in [4.78, 5) is 24.4. The number of nitrogens with two attached hydrogens (primary N) is 1. The van der Waals surface area contributed by atoms with E-state index >= 15 is 0 Å². The van der Waals surface area contributed by atoms with Crippen molar-refractivity contribution >= 4 is 28.6 Å². The standard InChI is InChI=1S/C18H20N2O3S/c1-3-17(21)13-7-9-15(10-8-13)24(23)16-6-4-5-14(11-16)20-18(22)12(2)19/h4-12H,3,19H2,1-2H3,(H,20,22). The monoisotopic (exact) mass is 344 g/mol. The first-order valence-electron chi connectivity index (χ1n) is 7.64. The van der Waals surface area contributed by atoms with Gasteiger partial charge in [-0.3, -0.25) is 9.59 Å². The van der Waals surface area contributed by atoms with E-state index in [-0.39, 0.29) is 11.7 Å². The third-order valence-electron chi connectivity index (χ3n) is 3.44. The minimum absolute atomic E-state index is 0.0490. The third kappa shape index (κ3) is 4.44. The van der Waals surface area contributed by atoms with Crippen LogP contribution in [0.4, 0.5) is 5.69 Å². The van der Waals surface area contributed by atoms with E-state index in [2.05, 4.69) is 5.32 Å². The van der Waals surface area contributed by atoms with Gasteiger partial charge in [0.05, 0.1) is 6.04 Å². The lowest BCUT2D eigenvalue weighted by molar-refractivity contribution is -0.117. The highest BCUT2D eigenvalue weighted by Crippen LogP contribution is 2.24. The third-order valence-corrected chi connectivity index (χ3v) is 4.82. The Balaban J connectivity index is 2.18. The normalized spacial score (nSPS) is 13.2. The average Bonchev–Trinajstić information content (AvgIpc) is 2.60. The largest absolute Gasteiger partial charge is 0.606 e. The maximum Gasteiger partial charge on any atom is 0.241 e. The molecule has 0 aliphatic carbocycles. The molecule has 2 atom stereocenters. The van der Waals surface area contributed by atoms with E-state index < -0.39 is 17.2 Å². The molecule has 0 heterocycles. The molecule has 2 aromatic carbocycles. The maximum absolute atomic E-state index is 12.7. The summed E-state index contributed by atoms with van der Waals surface area (Å²) in [5.41, 5.74) is 6.67. The van der Waals surface area contributed by atoms with Crippen LogP contribution in [0.1, 0.15) is 30.6 Å². The summed E-state index contributed by atoms with van der Waals surface area (Å²) in [5.74, 6) is -0.256. The number of carbonyl (C=O) groups is 2. The number of Topliss-reactive ketones (excluding diaryl/α,β-unsaturated/α-hetero) is 1. The first-order valence-corrected chi connectivity index (χ1v) is 8.79. The zero-order valence-electron chi connectivity index (χ0n) is 13.6. The van der Waals surface area contributed by atoms with Crippen LogP contribution in [0.15, 0.2) is 58.3 Å². The Hall–Kier alpha value is -2.15. The Bertz CT molecular complexity index is 729. The van der Waals surface area contributed by atoms with Crippen LogP contribution in [0.3, 0.4) is 0 Å². The number of anilines is 1. The van der Waals surface area contributed by atoms with E-state index in [0.717, 1.165) is 0 Å². The minimum Gasteiger partial charge on any atom is -0.606 e. The second kappa shape index (κ2) is 8.10. The van der Waals surface area contributed by atoms with Gasteiger partial charge in [0.15, 0.2) is 15.6 Å². The molecule has 2 rings (SSSR count). The second-order valence-electron chi connectivity index (χ2n) is 5.38. The van der Waals surface area contributed by atoms with Gasteiger partial charge in [0.1, 0.15) is 0 Å². The molecule has 0 bridgehead atoms. The van der Waals surface area contributed by atoms with Gasteiger partial charge in [-0.15, -0.1) is 0 Å². The lowest BCUT2D eigenvalue weighted by Crippen LogP contribution is -2.32. The van der Waals surface area contributed by atoms with Crippen molar-refractivity contribution in [2.75, 3.05) is 5.32 Å². The van der Waals surface area contributed by atoms with Gasteiger partial charge < -0.3 is 15.6 Å². The first kappa shape index (κ1) is 18.2. The zero-order chi connectivity index (χ0) is 17.7. The maximum atomic E-state index is 12.7. The highest BCUT2D eigenvalue weighted by atomic mass is 32.2.